The van der Waals surface area contributed by atoms with E-state index in [4.69, 9.17) is 4.74 Å². The summed E-state index contributed by atoms with van der Waals surface area (Å²) in [6, 6.07) is 7.96. The first kappa shape index (κ1) is 15.0. The van der Waals surface area contributed by atoms with Crippen LogP contribution < -0.4 is 10.1 Å². The van der Waals surface area contributed by atoms with Crippen LogP contribution in [0.2, 0.25) is 0 Å². The van der Waals surface area contributed by atoms with Crippen LogP contribution in [0.5, 0.6) is 5.75 Å². The van der Waals surface area contributed by atoms with E-state index in [1.807, 2.05) is 19.9 Å². The molecule has 2 atom stereocenters. The van der Waals surface area contributed by atoms with Crippen LogP contribution in [0.15, 0.2) is 30.3 Å². The van der Waals surface area contributed by atoms with Gasteiger partial charge < -0.3 is 14.8 Å². The summed E-state index contributed by atoms with van der Waals surface area (Å²) in [5.74, 6) is -0.0806. The van der Waals surface area contributed by atoms with Gasteiger partial charge >= 0.3 is 12.1 Å². The number of amides is 1. The van der Waals surface area contributed by atoms with Crippen LogP contribution in [0.1, 0.15) is 20.3 Å². The standard InChI is InChI=1S/C14H19NO4/c1-4-10(2)12(13(16)18-3)15-14(17)19-11-8-6-5-7-9-11/h5-10,12H,4H2,1-3H3,(H,15,17)/t10-,12-/m1/s1. The van der Waals surface area contributed by atoms with Crippen molar-refractivity contribution < 1.29 is 19.1 Å². The third-order valence-corrected chi connectivity index (χ3v) is 2.90. The molecule has 0 aromatic heterocycles. The summed E-state index contributed by atoms with van der Waals surface area (Å²) >= 11 is 0. The molecule has 1 amide bonds. The summed E-state index contributed by atoms with van der Waals surface area (Å²) in [5.41, 5.74) is 0. The van der Waals surface area contributed by atoms with Crippen molar-refractivity contribution >= 4 is 12.1 Å². The van der Waals surface area contributed by atoms with Crippen molar-refractivity contribution in [1.29, 1.82) is 0 Å². The summed E-state index contributed by atoms with van der Waals surface area (Å²) in [5, 5.41) is 2.53. The van der Waals surface area contributed by atoms with E-state index in [-0.39, 0.29) is 5.92 Å². The van der Waals surface area contributed by atoms with Gasteiger partial charge in [-0.1, -0.05) is 38.5 Å². The minimum absolute atomic E-state index is 0.0317. The predicted octanol–water partition coefficient (Wildman–Crippen LogP) is 2.36. The summed E-state index contributed by atoms with van der Waals surface area (Å²) < 4.78 is 9.75. The molecular formula is C14H19NO4. The first-order valence-corrected chi connectivity index (χ1v) is 6.19. The van der Waals surface area contributed by atoms with Gasteiger partial charge in [0.15, 0.2) is 0 Å². The molecule has 0 spiro atoms. The lowest BCUT2D eigenvalue weighted by atomic mass is 9.99. The van der Waals surface area contributed by atoms with E-state index >= 15 is 0 Å². The van der Waals surface area contributed by atoms with Crippen LogP contribution in [0.25, 0.3) is 0 Å². The van der Waals surface area contributed by atoms with E-state index in [1.54, 1.807) is 24.3 Å². The molecule has 0 heterocycles. The molecule has 1 rings (SSSR count). The lowest BCUT2D eigenvalue weighted by Crippen LogP contribution is -2.46. The van der Waals surface area contributed by atoms with Crippen LogP contribution >= 0.6 is 0 Å². The molecule has 5 heteroatoms. The maximum Gasteiger partial charge on any atom is 0.413 e. The molecule has 0 aliphatic heterocycles. The molecule has 0 radical (unpaired) electrons. The van der Waals surface area contributed by atoms with Gasteiger partial charge in [-0.3, -0.25) is 0 Å². The lowest BCUT2D eigenvalue weighted by Gasteiger charge is -2.21. The van der Waals surface area contributed by atoms with Gasteiger partial charge in [-0.2, -0.15) is 0 Å². The third kappa shape index (κ3) is 4.62. The fraction of sp³-hybridized carbons (Fsp3) is 0.429. The Morgan fingerprint density at radius 3 is 2.42 bits per heavy atom. The molecule has 1 aromatic rings. The lowest BCUT2D eigenvalue weighted by molar-refractivity contribution is -0.144. The smallest absolute Gasteiger partial charge is 0.413 e. The monoisotopic (exact) mass is 265 g/mol. The first-order valence-electron chi connectivity index (χ1n) is 6.19. The molecule has 0 saturated heterocycles. The Bertz CT molecular complexity index is 419. The van der Waals surface area contributed by atoms with Gasteiger partial charge in [0.1, 0.15) is 11.8 Å². The maximum atomic E-state index is 11.7. The number of carbonyl (C=O) groups is 2. The Balaban J connectivity index is 2.64. The minimum Gasteiger partial charge on any atom is -0.467 e. The Kier molecular flexibility index (Phi) is 5.85. The Labute approximate surface area is 112 Å². The van der Waals surface area contributed by atoms with Crippen molar-refractivity contribution in [2.45, 2.75) is 26.3 Å². The van der Waals surface area contributed by atoms with Gasteiger partial charge in [-0.05, 0) is 18.1 Å². The van der Waals surface area contributed by atoms with Gasteiger partial charge in [0, 0.05) is 0 Å². The van der Waals surface area contributed by atoms with Crippen LogP contribution in [0.3, 0.4) is 0 Å². The average Bonchev–Trinajstić information content (AvgIpc) is 2.44. The number of nitrogens with one attached hydrogen (secondary N) is 1. The van der Waals surface area contributed by atoms with Crippen LogP contribution in [0.4, 0.5) is 4.79 Å². The summed E-state index contributed by atoms with van der Waals surface area (Å²) in [7, 11) is 1.29. The van der Waals surface area contributed by atoms with E-state index in [0.29, 0.717) is 5.75 Å². The fourth-order valence-electron chi connectivity index (χ4n) is 1.55. The molecule has 19 heavy (non-hydrogen) atoms. The van der Waals surface area contributed by atoms with Crippen LogP contribution in [-0.2, 0) is 9.53 Å². The molecule has 1 N–H and O–H groups in total. The number of hydrogen-bond acceptors (Lipinski definition) is 4. The average molecular weight is 265 g/mol. The number of hydrogen-bond donors (Lipinski definition) is 1. The Morgan fingerprint density at radius 1 is 1.26 bits per heavy atom. The van der Waals surface area contributed by atoms with Crippen LogP contribution in [0, 0.1) is 5.92 Å². The second kappa shape index (κ2) is 7.41. The topological polar surface area (TPSA) is 64.6 Å². The zero-order valence-electron chi connectivity index (χ0n) is 11.4. The minimum atomic E-state index is -0.703. The number of methoxy groups -OCH3 is 1. The largest absolute Gasteiger partial charge is 0.467 e. The Morgan fingerprint density at radius 2 is 1.89 bits per heavy atom. The van der Waals surface area contributed by atoms with Crippen LogP contribution in [-0.4, -0.2) is 25.2 Å². The molecule has 0 aliphatic rings. The molecular weight excluding hydrogens is 246 g/mol. The molecule has 104 valence electrons. The number of benzene rings is 1. The summed E-state index contributed by atoms with van der Waals surface area (Å²) in [6.45, 7) is 3.80. The highest BCUT2D eigenvalue weighted by molar-refractivity contribution is 5.82. The molecule has 0 bridgehead atoms. The van der Waals surface area contributed by atoms with Crippen molar-refractivity contribution in [1.82, 2.24) is 5.32 Å². The number of para-hydroxylation sites is 1. The van der Waals surface area contributed by atoms with E-state index in [1.165, 1.54) is 7.11 Å². The zero-order chi connectivity index (χ0) is 14.3. The van der Waals surface area contributed by atoms with E-state index < -0.39 is 18.1 Å². The SMILES string of the molecule is CC[C@@H](C)[C@@H](NC(=O)Oc1ccccc1)C(=O)OC. The third-order valence-electron chi connectivity index (χ3n) is 2.90. The number of ether oxygens (including phenoxy) is 2. The summed E-state index contributed by atoms with van der Waals surface area (Å²) in [6.07, 6.45) is 0.0765. The van der Waals surface area contributed by atoms with E-state index in [9.17, 15) is 9.59 Å². The zero-order valence-corrected chi connectivity index (χ0v) is 11.4. The molecule has 0 unspecified atom stereocenters. The molecule has 0 aliphatic carbocycles. The highest BCUT2D eigenvalue weighted by atomic mass is 16.6. The number of esters is 1. The second-order valence-corrected chi connectivity index (χ2v) is 4.23. The maximum absolute atomic E-state index is 11.7. The molecule has 0 fully saturated rings. The second-order valence-electron chi connectivity index (χ2n) is 4.23. The quantitative estimate of drug-likeness (QED) is 0.830. The van der Waals surface area contributed by atoms with Crippen molar-refractivity contribution in [3.05, 3.63) is 30.3 Å². The molecule has 0 saturated carbocycles. The van der Waals surface area contributed by atoms with Gasteiger partial charge in [-0.25, -0.2) is 9.59 Å². The van der Waals surface area contributed by atoms with Crippen molar-refractivity contribution in [2.24, 2.45) is 5.92 Å². The van der Waals surface area contributed by atoms with E-state index in [2.05, 4.69) is 10.1 Å². The van der Waals surface area contributed by atoms with E-state index in [0.717, 1.165) is 6.42 Å². The van der Waals surface area contributed by atoms with Crippen molar-refractivity contribution in [3.8, 4) is 5.75 Å². The first-order chi connectivity index (χ1) is 9.08. The molecule has 5 nitrogen and oxygen atoms in total. The van der Waals surface area contributed by atoms with Crippen molar-refractivity contribution in [2.75, 3.05) is 7.11 Å². The number of carbonyl (C=O) groups excluding carboxylic acids is 2. The van der Waals surface area contributed by atoms with Gasteiger partial charge in [0.05, 0.1) is 7.11 Å². The predicted molar refractivity (Wildman–Crippen MR) is 70.9 cm³/mol. The normalized spacial score (nSPS) is 13.2. The van der Waals surface area contributed by atoms with Gasteiger partial charge in [0.2, 0.25) is 0 Å². The van der Waals surface area contributed by atoms with Gasteiger partial charge in [-0.15, -0.1) is 0 Å². The fourth-order valence-corrected chi connectivity index (χ4v) is 1.55. The highest BCUT2D eigenvalue weighted by Gasteiger charge is 2.27. The highest BCUT2D eigenvalue weighted by Crippen LogP contribution is 2.11. The Hall–Kier alpha value is -2.04. The molecule has 1 aromatic carbocycles. The number of rotatable bonds is 5. The van der Waals surface area contributed by atoms with Gasteiger partial charge in [0.25, 0.3) is 0 Å². The van der Waals surface area contributed by atoms with Crippen molar-refractivity contribution in [3.63, 3.8) is 0 Å². The summed E-state index contributed by atoms with van der Waals surface area (Å²) in [4.78, 5) is 23.3.